The van der Waals surface area contributed by atoms with E-state index in [9.17, 15) is 20.1 Å². The molecule has 0 aromatic heterocycles. The predicted molar refractivity (Wildman–Crippen MR) is 142 cm³/mol. The number of hydrogen-bond acceptors (Lipinski definition) is 6. The smallest absolute Gasteiger partial charge is 0.260 e. The highest BCUT2D eigenvalue weighted by molar-refractivity contribution is 5.96. The summed E-state index contributed by atoms with van der Waals surface area (Å²) in [7, 11) is 0. The third-order valence-corrected chi connectivity index (χ3v) is 10.7. The third kappa shape index (κ3) is 4.64. The van der Waals surface area contributed by atoms with Gasteiger partial charge in [-0.25, -0.2) is 0 Å². The number of fused-ring (bicyclic) bond motifs is 5. The molecule has 3 fully saturated rings. The highest BCUT2D eigenvalue weighted by Crippen LogP contribution is 2.67. The third-order valence-electron chi connectivity index (χ3n) is 10.7. The first-order valence-corrected chi connectivity index (χ1v) is 13.9. The number of carbonyl (C=O) groups excluding carboxylic acids is 1. The fourth-order valence-corrected chi connectivity index (χ4v) is 8.18. The summed E-state index contributed by atoms with van der Waals surface area (Å²) in [6, 6.07) is 4.64. The number of phenolic OH excluding ortho intramolecular Hbond substituents is 2. The molecule has 7 nitrogen and oxygen atoms in total. The normalized spacial score (nSPS) is 37.8. The molecule has 1 aromatic carbocycles. The van der Waals surface area contributed by atoms with Gasteiger partial charge in [-0.05, 0) is 117 Å². The number of nitrogens with one attached hydrogen (secondary N) is 1. The maximum atomic E-state index is 12.2. The van der Waals surface area contributed by atoms with Gasteiger partial charge in [-0.1, -0.05) is 30.6 Å². The minimum absolute atomic E-state index is 0.0489. The number of amides is 1. The number of carbonyl (C=O) groups is 1. The number of rotatable bonds is 6. The van der Waals surface area contributed by atoms with Crippen LogP contribution < -0.4 is 5.32 Å². The molecular formula is C30H42N2O5. The zero-order valence-electron chi connectivity index (χ0n) is 22.4. The number of benzene rings is 1. The van der Waals surface area contributed by atoms with Crippen molar-refractivity contribution in [1.29, 1.82) is 0 Å². The van der Waals surface area contributed by atoms with Gasteiger partial charge in [0, 0.05) is 6.54 Å². The second kappa shape index (κ2) is 9.64. The van der Waals surface area contributed by atoms with Gasteiger partial charge in [0.1, 0.15) is 0 Å². The summed E-state index contributed by atoms with van der Waals surface area (Å²) in [6.45, 7) is 7.13. The highest BCUT2D eigenvalue weighted by Gasteiger charge is 2.62. The molecule has 0 radical (unpaired) electrons. The Kier molecular flexibility index (Phi) is 6.80. The molecule has 4 aliphatic rings. The molecule has 6 atom stereocenters. The number of aliphatic hydroxyl groups is 1. The fraction of sp³-hybridized carbons (Fsp3) is 0.667. The van der Waals surface area contributed by atoms with Crippen molar-refractivity contribution in [2.45, 2.75) is 84.2 Å². The standard InChI is InChI=1S/C30H42N2O5/c1-28-12-8-21(32-37-18-27(35)31-15-11-19-4-7-25(33)26(34)16-19)17-20(28)5-6-22-23(28)9-13-29(2)24(22)10-14-30(29,3)36/h4,7,16-17,22-24,33-34,36H,5-6,8-15,18H2,1-3H3,(H,31,35)/t22-,23?,24?,28+,29+,30+/m1/s1. The second-order valence-electron chi connectivity index (χ2n) is 12.6. The molecule has 202 valence electrons. The highest BCUT2D eigenvalue weighted by atomic mass is 16.6. The summed E-state index contributed by atoms with van der Waals surface area (Å²) < 4.78 is 0. The van der Waals surface area contributed by atoms with E-state index < -0.39 is 5.60 Å². The average molecular weight is 511 g/mol. The van der Waals surface area contributed by atoms with Crippen LogP contribution in [-0.4, -0.2) is 45.7 Å². The van der Waals surface area contributed by atoms with E-state index in [1.54, 1.807) is 6.07 Å². The molecule has 3 saturated carbocycles. The number of aromatic hydroxyl groups is 2. The van der Waals surface area contributed by atoms with Crippen LogP contribution in [0.3, 0.4) is 0 Å². The van der Waals surface area contributed by atoms with E-state index in [1.807, 2.05) is 0 Å². The topological polar surface area (TPSA) is 111 Å². The largest absolute Gasteiger partial charge is 0.504 e. The lowest BCUT2D eigenvalue weighted by Crippen LogP contribution is -2.53. The zero-order chi connectivity index (χ0) is 26.4. The lowest BCUT2D eigenvalue weighted by atomic mass is 9.46. The summed E-state index contributed by atoms with van der Waals surface area (Å²) >= 11 is 0. The van der Waals surface area contributed by atoms with E-state index in [4.69, 9.17) is 4.84 Å². The van der Waals surface area contributed by atoms with Crippen LogP contribution in [0.15, 0.2) is 35.0 Å². The Balaban J connectivity index is 1.14. The van der Waals surface area contributed by atoms with Gasteiger partial charge in [-0.2, -0.15) is 0 Å². The molecule has 1 aromatic rings. The summed E-state index contributed by atoms with van der Waals surface area (Å²) in [5.41, 5.74) is 2.93. The predicted octanol–water partition coefficient (Wildman–Crippen LogP) is 4.84. The molecular weight excluding hydrogens is 468 g/mol. The van der Waals surface area contributed by atoms with E-state index in [1.165, 1.54) is 30.5 Å². The van der Waals surface area contributed by atoms with Gasteiger partial charge < -0.3 is 25.5 Å². The van der Waals surface area contributed by atoms with Crippen molar-refractivity contribution in [2.24, 2.45) is 33.7 Å². The lowest BCUT2D eigenvalue weighted by molar-refractivity contribution is -0.125. The van der Waals surface area contributed by atoms with Gasteiger partial charge >= 0.3 is 0 Å². The van der Waals surface area contributed by atoms with Crippen molar-refractivity contribution >= 4 is 11.6 Å². The maximum Gasteiger partial charge on any atom is 0.260 e. The number of phenols is 2. The Morgan fingerprint density at radius 2 is 1.84 bits per heavy atom. The number of hydrogen-bond donors (Lipinski definition) is 4. The molecule has 5 rings (SSSR count). The second-order valence-corrected chi connectivity index (χ2v) is 12.6. The molecule has 0 spiro atoms. The Morgan fingerprint density at radius 3 is 2.62 bits per heavy atom. The maximum absolute atomic E-state index is 12.2. The number of allylic oxidation sites excluding steroid dienone is 2. The van der Waals surface area contributed by atoms with E-state index in [0.717, 1.165) is 49.8 Å². The number of nitrogens with zero attached hydrogens (tertiary/aromatic N) is 1. The summed E-state index contributed by atoms with van der Waals surface area (Å²) in [4.78, 5) is 17.6. The quantitative estimate of drug-likeness (QED) is 0.323. The molecule has 0 heterocycles. The van der Waals surface area contributed by atoms with Crippen molar-refractivity contribution in [2.75, 3.05) is 13.2 Å². The molecule has 0 bridgehead atoms. The van der Waals surface area contributed by atoms with Gasteiger partial charge in [-0.3, -0.25) is 4.79 Å². The van der Waals surface area contributed by atoms with Crippen molar-refractivity contribution in [3.8, 4) is 11.5 Å². The monoisotopic (exact) mass is 510 g/mol. The van der Waals surface area contributed by atoms with Crippen LogP contribution in [0, 0.1) is 28.6 Å². The van der Waals surface area contributed by atoms with Gasteiger partial charge in [0.25, 0.3) is 5.91 Å². The van der Waals surface area contributed by atoms with Gasteiger partial charge in [0.2, 0.25) is 0 Å². The SMILES string of the molecule is C[C@]12CCC(=NOCC(=O)NCCc3ccc(O)c(O)c3)C=C1CC[C@@H]1C2CC[C@@]2(C)C1CC[C@]2(C)O. The van der Waals surface area contributed by atoms with E-state index in [2.05, 4.69) is 37.3 Å². The summed E-state index contributed by atoms with van der Waals surface area (Å²) in [5, 5.41) is 37.2. The first kappa shape index (κ1) is 26.1. The van der Waals surface area contributed by atoms with Crippen molar-refractivity contribution in [3.63, 3.8) is 0 Å². The Morgan fingerprint density at radius 1 is 1.05 bits per heavy atom. The van der Waals surface area contributed by atoms with Crippen molar-refractivity contribution in [1.82, 2.24) is 5.32 Å². The van der Waals surface area contributed by atoms with Crippen LogP contribution >= 0.6 is 0 Å². The van der Waals surface area contributed by atoms with E-state index in [-0.39, 0.29) is 34.8 Å². The van der Waals surface area contributed by atoms with Gasteiger partial charge in [0.15, 0.2) is 18.1 Å². The van der Waals surface area contributed by atoms with Crippen molar-refractivity contribution in [3.05, 3.63) is 35.4 Å². The van der Waals surface area contributed by atoms with E-state index >= 15 is 0 Å². The molecule has 7 heteroatoms. The van der Waals surface area contributed by atoms with Gasteiger partial charge in [0.05, 0.1) is 11.3 Å². The van der Waals surface area contributed by atoms with Crippen LogP contribution in [0.2, 0.25) is 0 Å². The first-order chi connectivity index (χ1) is 17.5. The van der Waals surface area contributed by atoms with Crippen LogP contribution in [0.1, 0.15) is 77.7 Å². The molecule has 1 amide bonds. The van der Waals surface area contributed by atoms with Crippen LogP contribution in [0.5, 0.6) is 11.5 Å². The van der Waals surface area contributed by atoms with Crippen molar-refractivity contribution < 1.29 is 25.0 Å². The van der Waals surface area contributed by atoms with Crippen LogP contribution in [0.25, 0.3) is 0 Å². The zero-order valence-corrected chi connectivity index (χ0v) is 22.4. The van der Waals surface area contributed by atoms with Crippen LogP contribution in [0.4, 0.5) is 0 Å². The van der Waals surface area contributed by atoms with Gasteiger partial charge in [-0.15, -0.1) is 0 Å². The van der Waals surface area contributed by atoms with Crippen LogP contribution in [-0.2, 0) is 16.1 Å². The molecule has 4 N–H and O–H groups in total. The first-order valence-electron chi connectivity index (χ1n) is 13.9. The summed E-state index contributed by atoms with van der Waals surface area (Å²) in [5.74, 6) is 1.43. The molecule has 0 saturated heterocycles. The molecule has 0 aliphatic heterocycles. The molecule has 37 heavy (non-hydrogen) atoms. The Hall–Kier alpha value is -2.54. The summed E-state index contributed by atoms with van der Waals surface area (Å²) in [6.07, 6.45) is 11.3. The fourth-order valence-electron chi connectivity index (χ4n) is 8.18. The molecule has 4 aliphatic carbocycles. The number of oxime groups is 1. The minimum Gasteiger partial charge on any atom is -0.504 e. The Bertz CT molecular complexity index is 1110. The average Bonchev–Trinajstić information content (AvgIpc) is 3.10. The minimum atomic E-state index is -0.538. The lowest BCUT2D eigenvalue weighted by Gasteiger charge is -2.59. The molecule has 2 unspecified atom stereocenters. The van der Waals surface area contributed by atoms with E-state index in [0.29, 0.717) is 30.7 Å². The Labute approximate surface area is 220 Å².